The van der Waals surface area contributed by atoms with E-state index in [1.54, 1.807) is 70.7 Å². The van der Waals surface area contributed by atoms with Crippen LogP contribution in [0, 0.1) is 0 Å². The van der Waals surface area contributed by atoms with Gasteiger partial charge in [-0.3, -0.25) is 0 Å². The number of aliphatic hydroxyl groups is 1. The third kappa shape index (κ3) is 16.2. The number of carbonyl (C=O) groups is 1. The van der Waals surface area contributed by atoms with Crippen LogP contribution >= 0.6 is 56.9 Å². The lowest BCUT2D eigenvalue weighted by Crippen LogP contribution is -2.12. The van der Waals surface area contributed by atoms with Crippen molar-refractivity contribution >= 4 is 184 Å². The summed E-state index contributed by atoms with van der Waals surface area (Å²) in [6.45, 7) is 1.73. The van der Waals surface area contributed by atoms with Gasteiger partial charge in [0.05, 0.1) is 78.3 Å². The molecule has 16 aromatic rings. The largest absolute Gasteiger partial charge is 0.493 e. The Kier molecular flexibility index (Phi) is 20.5. The van der Waals surface area contributed by atoms with Gasteiger partial charge in [0, 0.05) is 34.9 Å². The fraction of sp³-hybridized carbons (Fsp3) is 0.0758. The van der Waals surface area contributed by atoms with Crippen LogP contribution < -0.4 is 63.6 Å². The number of nitrogen functional groups attached to an aromatic ring is 4. The lowest BCUT2D eigenvalue weighted by Gasteiger charge is -2.14. The van der Waals surface area contributed by atoms with E-state index in [2.05, 4.69) is 81.5 Å². The Hall–Kier alpha value is -12.7. The number of hydrogen-bond acceptors (Lipinski definition) is 31. The van der Waals surface area contributed by atoms with Gasteiger partial charge in [0.1, 0.15) is 5.52 Å². The van der Waals surface area contributed by atoms with Gasteiger partial charge in [-0.15, -0.1) is 20.4 Å². The first-order valence-electron chi connectivity index (χ1n) is 30.8. The fourth-order valence-corrected chi connectivity index (χ4v) is 14.5. The van der Waals surface area contributed by atoms with Crippen LogP contribution in [-0.2, 0) is 10.0 Å². The number of aromatic carboxylic acids is 1. The van der Waals surface area contributed by atoms with E-state index in [-0.39, 0.29) is 46.1 Å². The van der Waals surface area contributed by atoms with Crippen molar-refractivity contribution in [2.75, 3.05) is 65.5 Å². The van der Waals surface area contributed by atoms with Crippen LogP contribution in [0.1, 0.15) is 28.9 Å². The molecule has 532 valence electrons. The average Bonchev–Trinajstić information content (AvgIpc) is 1.68. The summed E-state index contributed by atoms with van der Waals surface area (Å²) in [4.78, 5) is 45.9. The standard InChI is InChI=1S/C18H17ClN6O3S.C17H16N6OS.C16H12N6O2S.C15H13N7O2S2/c1-26-11-7-9(8-12(27-2)15(11)28-3)21-17-23-16(20)25(24-17)18-22-14-10(19)5-4-6-13(14)29-18;1-10(24)11-6-8-12(9-7-11)19-16-21-15(18)23(22-16)17-20-13-4-2-3-5-14(13)25-17;17-14-20-15(18-10-5-3-4-9(8-10)13(23)24)21-22(14)16-19-11-6-1-2-7-12(11)25-16;16-13-20-14(18-9-4-3-5-10(8-9)26(17,23)24)21-22(13)15-19-11-6-1-2-7-12(11)25-15/h4-8H,1-3H3,(H3,20,21,23,24);2-10,24H,1H3,(H3,18,19,21,22);1-8H,(H,23,24)(H3,17,18,20,21);1-8H,(H2,17,23,24)(H3,16,18,20,21). The molecule has 8 heterocycles. The van der Waals surface area contributed by atoms with Gasteiger partial charge < -0.3 is 68.6 Å². The highest BCUT2D eigenvalue weighted by atomic mass is 35.5. The molecule has 105 heavy (non-hydrogen) atoms. The van der Waals surface area contributed by atoms with Gasteiger partial charge in [0.2, 0.25) is 83.9 Å². The third-order valence-electron chi connectivity index (χ3n) is 14.8. The summed E-state index contributed by atoms with van der Waals surface area (Å²) in [5.41, 5.74) is 30.8. The first kappa shape index (κ1) is 70.7. The Balaban J connectivity index is 0.000000124. The molecule has 8 aromatic heterocycles. The average molecular weight is 1530 g/mol. The van der Waals surface area contributed by atoms with Gasteiger partial charge in [-0.25, -0.2) is 38.3 Å². The van der Waals surface area contributed by atoms with Crippen molar-refractivity contribution in [3.63, 3.8) is 0 Å². The first-order valence-corrected chi connectivity index (χ1v) is 36.0. The van der Waals surface area contributed by atoms with Gasteiger partial charge in [-0.05, 0) is 110 Å². The molecule has 33 nitrogen and oxygen atoms in total. The number of hydrogen-bond donors (Lipinski definition) is 11. The van der Waals surface area contributed by atoms with E-state index >= 15 is 0 Å². The third-order valence-corrected chi connectivity index (χ3v) is 20.1. The molecule has 0 amide bonds. The molecule has 0 aliphatic rings. The normalized spacial score (nSPS) is 11.5. The van der Waals surface area contributed by atoms with Gasteiger partial charge in [-0.2, -0.15) is 38.7 Å². The summed E-state index contributed by atoms with van der Waals surface area (Å²) >= 11 is 12.0. The first-order chi connectivity index (χ1) is 50.6. The maximum Gasteiger partial charge on any atom is 0.335 e. The zero-order valence-electron chi connectivity index (χ0n) is 55.1. The molecule has 1 unspecified atom stereocenters. The minimum atomic E-state index is -3.80. The van der Waals surface area contributed by atoms with Gasteiger partial charge >= 0.3 is 5.97 Å². The number of anilines is 12. The molecule has 0 fully saturated rings. The van der Waals surface area contributed by atoms with Crippen molar-refractivity contribution in [2.24, 2.45) is 5.14 Å². The Labute approximate surface area is 615 Å². The predicted molar refractivity (Wildman–Crippen MR) is 408 cm³/mol. The highest BCUT2D eigenvalue weighted by Crippen LogP contribution is 2.41. The molecule has 0 bridgehead atoms. The van der Waals surface area contributed by atoms with Crippen LogP contribution in [0.4, 0.5) is 70.3 Å². The number of aromatic nitrogens is 16. The molecule has 8 aromatic carbocycles. The SMILES string of the molecule is CC(O)c1ccc(Nc2nc(N)n(-c3nc4ccccc4s3)n2)cc1.COc1cc(Nc2nc(N)n(-c3nc4c(Cl)cccc4s3)n2)cc(OC)c1OC.Nc1nc(Nc2cccc(C(=O)O)c2)nn1-c1nc2ccccc2s1.Nc1nc(Nc2cccc(S(N)(=O)=O)c2)nn1-c1nc2ccccc2s1. The lowest BCUT2D eigenvalue weighted by atomic mass is 10.1. The van der Waals surface area contributed by atoms with E-state index < -0.39 is 22.1 Å². The molecule has 0 radical (unpaired) electrons. The molecule has 16 rings (SSSR count). The van der Waals surface area contributed by atoms with Crippen LogP contribution in [0.2, 0.25) is 5.02 Å². The molecule has 0 aliphatic carbocycles. The number of benzene rings is 8. The molecular formula is C66H58ClN25O8S5. The summed E-state index contributed by atoms with van der Waals surface area (Å²) in [5, 5.41) is 56.2. The van der Waals surface area contributed by atoms with Gasteiger partial charge in [0.25, 0.3) is 0 Å². The Bertz CT molecular complexity index is 5830. The summed E-state index contributed by atoms with van der Waals surface area (Å²) in [6.07, 6.45) is -0.499. The van der Waals surface area contributed by atoms with E-state index in [4.69, 9.17) is 59.0 Å². The second-order valence-corrected chi connectivity index (χ2v) is 28.0. The predicted octanol–water partition coefficient (Wildman–Crippen LogP) is 11.9. The fourth-order valence-electron chi connectivity index (χ4n) is 9.91. The summed E-state index contributed by atoms with van der Waals surface area (Å²) in [7, 11) is 0.838. The van der Waals surface area contributed by atoms with Gasteiger partial charge in [0.15, 0.2) is 11.5 Å². The smallest absolute Gasteiger partial charge is 0.335 e. The number of primary sulfonamides is 1. The maximum atomic E-state index is 11.5. The monoisotopic (exact) mass is 1520 g/mol. The quantitative estimate of drug-likeness (QED) is 0.0380. The number of methoxy groups -OCH3 is 3. The number of para-hydroxylation sites is 4. The number of rotatable bonds is 18. The van der Waals surface area contributed by atoms with Crippen molar-refractivity contribution < 1.29 is 37.6 Å². The van der Waals surface area contributed by atoms with Crippen molar-refractivity contribution in [3.8, 4) is 37.8 Å². The molecule has 1 atom stereocenters. The molecule has 0 saturated carbocycles. The van der Waals surface area contributed by atoms with Crippen LogP contribution in [0.15, 0.2) is 181 Å². The van der Waals surface area contributed by atoms with Crippen molar-refractivity contribution in [3.05, 3.63) is 192 Å². The van der Waals surface area contributed by atoms with Crippen LogP contribution in [0.5, 0.6) is 17.2 Å². The zero-order chi connectivity index (χ0) is 73.6. The van der Waals surface area contributed by atoms with Crippen molar-refractivity contribution in [1.29, 1.82) is 0 Å². The number of nitrogens with one attached hydrogen (secondary N) is 4. The van der Waals surface area contributed by atoms with Crippen LogP contribution in [-0.4, -0.2) is 125 Å². The van der Waals surface area contributed by atoms with Crippen LogP contribution in [0.3, 0.4) is 0 Å². The number of carboxylic acids is 1. The lowest BCUT2D eigenvalue weighted by molar-refractivity contribution is 0.0696. The summed E-state index contributed by atoms with van der Waals surface area (Å²) in [5.74, 6) is 2.46. The number of aliphatic hydroxyl groups excluding tert-OH is 1. The van der Waals surface area contributed by atoms with E-state index in [9.17, 15) is 18.3 Å². The minimum absolute atomic E-state index is 0.0129. The second kappa shape index (κ2) is 30.5. The summed E-state index contributed by atoms with van der Waals surface area (Å²) in [6, 6.07) is 52.2. The molecule has 39 heteroatoms. The number of halogens is 1. The number of thiazole rings is 4. The number of nitrogens with two attached hydrogens (primary N) is 5. The Morgan fingerprint density at radius 1 is 0.467 bits per heavy atom. The molecule has 0 saturated heterocycles. The highest BCUT2D eigenvalue weighted by molar-refractivity contribution is 7.89. The number of fused-ring (bicyclic) bond motifs is 4. The van der Waals surface area contributed by atoms with E-state index in [0.717, 1.165) is 46.6 Å². The van der Waals surface area contributed by atoms with Crippen molar-refractivity contribution in [1.82, 2.24) is 79.0 Å². The maximum absolute atomic E-state index is 11.5. The van der Waals surface area contributed by atoms with E-state index in [1.807, 2.05) is 109 Å². The molecular weight excluding hydrogens is 1470 g/mol. The van der Waals surface area contributed by atoms with Gasteiger partial charge in [-0.1, -0.05) is 124 Å². The molecule has 16 N–H and O–H groups in total. The second-order valence-electron chi connectivity index (χ2n) is 22.0. The van der Waals surface area contributed by atoms with E-state index in [1.165, 1.54) is 88.3 Å². The Morgan fingerprint density at radius 2 is 0.857 bits per heavy atom. The van der Waals surface area contributed by atoms with E-state index in [0.29, 0.717) is 77.3 Å². The minimum Gasteiger partial charge on any atom is -0.493 e. The number of ether oxygens (including phenoxy) is 3. The number of carboxylic acid groups (broad SMARTS) is 1. The topological polar surface area (TPSA) is 472 Å². The Morgan fingerprint density at radius 3 is 1.27 bits per heavy atom. The molecule has 0 spiro atoms. The van der Waals surface area contributed by atoms with Crippen LogP contribution in [0.25, 0.3) is 61.4 Å². The summed E-state index contributed by atoms with van der Waals surface area (Å²) < 4.78 is 48.9. The number of sulfonamides is 1. The number of nitrogens with zero attached hydrogens (tertiary/aromatic N) is 16. The highest BCUT2D eigenvalue weighted by Gasteiger charge is 2.21. The van der Waals surface area contributed by atoms with Crippen molar-refractivity contribution in [2.45, 2.75) is 17.9 Å². The zero-order valence-corrected chi connectivity index (χ0v) is 60.0. The molecule has 0 aliphatic heterocycles.